The number of aromatic nitrogens is 1. The summed E-state index contributed by atoms with van der Waals surface area (Å²) in [5.74, 6) is -0.300. The maximum Gasteiger partial charge on any atom is 0.534 e. The third-order valence-corrected chi connectivity index (χ3v) is 11.4. The zero-order valence-electron chi connectivity index (χ0n) is 29.5. The van der Waals surface area contributed by atoms with E-state index in [0.717, 1.165) is 31.2 Å². The molecule has 2 unspecified atom stereocenters. The summed E-state index contributed by atoms with van der Waals surface area (Å²) in [4.78, 5) is 58.1. The number of ether oxygens (including phenoxy) is 3. The summed E-state index contributed by atoms with van der Waals surface area (Å²) in [5.41, 5.74) is 1.43. The molecule has 0 radical (unpaired) electrons. The van der Waals surface area contributed by atoms with Crippen molar-refractivity contribution in [3.8, 4) is 22.8 Å². The topological polar surface area (TPSA) is 156 Å². The standard InChI is InChI=1S/C38H45N4O8P/c1-6-24-21-38(24,51(46)47)41-34(43)31-19-27(22-42(31)35(44)33(37(2,3)4)40-36(45)50-25-14-10-11-15-25)49-32-20-29(23-12-8-7-9-13-23)39-30-18-26(48-5)16-17-28(30)32/h6-9,12-13,16-18,20,24-25,27,31,33H,1,10-11,14-15,19,21-22H2,2-5H3,(H2-,40,41,43,45,46,47)/p+1/t24-,27-,31+,33?,38+/m1/s1. The van der Waals surface area contributed by atoms with Crippen LogP contribution in [0.2, 0.25) is 0 Å². The Balaban J connectivity index is 1.32. The molecule has 3 fully saturated rings. The van der Waals surface area contributed by atoms with Crippen molar-refractivity contribution in [2.75, 3.05) is 13.7 Å². The number of fused-ring (bicyclic) bond motifs is 1. The predicted octanol–water partition coefficient (Wildman–Crippen LogP) is 6.10. The molecule has 13 heteroatoms. The number of carbonyl (C=O) groups excluding carboxylic acids is 3. The van der Waals surface area contributed by atoms with E-state index in [1.807, 2.05) is 75.4 Å². The van der Waals surface area contributed by atoms with Crippen LogP contribution in [0.25, 0.3) is 22.2 Å². The molecular formula is C38H46N4O8P+. The molecule has 6 atom stereocenters. The molecule has 0 spiro atoms. The molecule has 6 rings (SSSR count). The highest BCUT2D eigenvalue weighted by Crippen LogP contribution is 2.58. The zero-order chi connectivity index (χ0) is 36.5. The van der Waals surface area contributed by atoms with Crippen molar-refractivity contribution in [3.05, 3.63) is 67.3 Å². The number of methoxy groups -OCH3 is 1. The Morgan fingerprint density at radius 2 is 1.82 bits per heavy atom. The molecule has 1 aliphatic heterocycles. The Morgan fingerprint density at radius 1 is 1.10 bits per heavy atom. The van der Waals surface area contributed by atoms with Gasteiger partial charge in [-0.1, -0.05) is 57.2 Å². The van der Waals surface area contributed by atoms with Crippen LogP contribution in [0.3, 0.4) is 0 Å². The fourth-order valence-electron chi connectivity index (χ4n) is 7.10. The highest BCUT2D eigenvalue weighted by Gasteiger charge is 2.70. The van der Waals surface area contributed by atoms with Gasteiger partial charge >= 0.3 is 14.1 Å². The van der Waals surface area contributed by atoms with Crippen LogP contribution in [0.4, 0.5) is 4.79 Å². The number of rotatable bonds is 11. The molecule has 2 aromatic carbocycles. The number of amides is 3. The van der Waals surface area contributed by atoms with Crippen molar-refractivity contribution in [2.45, 2.75) is 88.9 Å². The van der Waals surface area contributed by atoms with E-state index in [-0.39, 0.29) is 31.4 Å². The van der Waals surface area contributed by atoms with Crippen LogP contribution in [0, 0.1) is 11.3 Å². The van der Waals surface area contributed by atoms with Crippen molar-refractivity contribution < 1.29 is 38.1 Å². The van der Waals surface area contributed by atoms with Gasteiger partial charge in [-0.3, -0.25) is 9.59 Å². The average molecular weight is 718 g/mol. The van der Waals surface area contributed by atoms with Gasteiger partial charge in [0, 0.05) is 35.9 Å². The van der Waals surface area contributed by atoms with E-state index in [1.54, 1.807) is 13.2 Å². The van der Waals surface area contributed by atoms with Gasteiger partial charge in [0.15, 0.2) is 0 Å². The van der Waals surface area contributed by atoms with Gasteiger partial charge in [-0.05, 0) is 47.8 Å². The normalized spacial score (nSPS) is 24.1. The molecule has 3 aromatic rings. The quantitative estimate of drug-likeness (QED) is 0.158. The van der Waals surface area contributed by atoms with Crippen molar-refractivity contribution in [1.82, 2.24) is 20.5 Å². The summed E-state index contributed by atoms with van der Waals surface area (Å²) >= 11 is 0. The van der Waals surface area contributed by atoms with Crippen LogP contribution in [-0.2, 0) is 18.9 Å². The fraction of sp³-hybridized carbons (Fsp3) is 0.474. The fourth-order valence-corrected chi connectivity index (χ4v) is 8.05. The molecule has 3 N–H and O–H groups in total. The second-order valence-corrected chi connectivity index (χ2v) is 16.1. The third kappa shape index (κ3) is 7.72. The first-order chi connectivity index (χ1) is 24.3. The van der Waals surface area contributed by atoms with Crippen molar-refractivity contribution in [3.63, 3.8) is 0 Å². The molecule has 270 valence electrons. The van der Waals surface area contributed by atoms with E-state index in [9.17, 15) is 23.8 Å². The largest absolute Gasteiger partial charge is 0.534 e. The van der Waals surface area contributed by atoms with E-state index in [2.05, 4.69) is 17.2 Å². The highest BCUT2D eigenvalue weighted by atomic mass is 31.1. The molecule has 1 saturated heterocycles. The molecule has 51 heavy (non-hydrogen) atoms. The third-order valence-electron chi connectivity index (χ3n) is 10.1. The van der Waals surface area contributed by atoms with E-state index in [4.69, 9.17) is 19.2 Å². The van der Waals surface area contributed by atoms with Gasteiger partial charge in [0.2, 0.25) is 11.8 Å². The molecule has 12 nitrogen and oxygen atoms in total. The average Bonchev–Trinajstić information content (AvgIpc) is 3.37. The lowest BCUT2D eigenvalue weighted by Gasteiger charge is -2.35. The number of hydrogen-bond acceptors (Lipinski definition) is 8. The van der Waals surface area contributed by atoms with Crippen LogP contribution < -0.4 is 20.1 Å². The first-order valence-corrected chi connectivity index (χ1v) is 18.6. The molecule has 3 amide bonds. The highest BCUT2D eigenvalue weighted by molar-refractivity contribution is 7.40. The number of alkyl carbamates (subject to hydrolysis) is 1. The minimum atomic E-state index is -2.78. The van der Waals surface area contributed by atoms with Crippen molar-refractivity contribution >= 4 is 36.8 Å². The Morgan fingerprint density at radius 3 is 2.45 bits per heavy atom. The van der Waals surface area contributed by atoms with Gasteiger partial charge in [0.1, 0.15) is 35.8 Å². The maximum absolute atomic E-state index is 14.5. The molecule has 2 aliphatic carbocycles. The number of hydrogen-bond donors (Lipinski definition) is 3. The first kappa shape index (κ1) is 36.3. The summed E-state index contributed by atoms with van der Waals surface area (Å²) in [6, 6.07) is 14.9. The SMILES string of the molecule is C=C[C@@H]1C[C@]1(NC(=O)[C@@H]1C[C@@H](Oc2cc(-c3ccccc3)nc3cc(OC)ccc23)CN1C(=O)C(NC(=O)OC1CCCC1)C(C)(C)C)[P+](=O)O. The molecule has 2 saturated carbocycles. The maximum atomic E-state index is 14.5. The number of carbonyl (C=O) groups is 3. The Kier molecular flexibility index (Phi) is 10.4. The van der Waals surface area contributed by atoms with Crippen LogP contribution in [0.1, 0.15) is 59.3 Å². The molecule has 2 heterocycles. The summed E-state index contributed by atoms with van der Waals surface area (Å²) < 4.78 is 30.2. The Bertz CT molecular complexity index is 1830. The van der Waals surface area contributed by atoms with Crippen molar-refractivity contribution in [2.24, 2.45) is 11.3 Å². The summed E-state index contributed by atoms with van der Waals surface area (Å²) in [7, 11) is -1.20. The molecular weight excluding hydrogens is 671 g/mol. The number of nitrogens with zero attached hydrogens (tertiary/aromatic N) is 2. The molecule has 0 bridgehead atoms. The van der Waals surface area contributed by atoms with Gasteiger partial charge < -0.3 is 29.7 Å². The van der Waals surface area contributed by atoms with Crippen LogP contribution in [0.15, 0.2) is 67.3 Å². The number of benzene rings is 2. The van der Waals surface area contributed by atoms with Crippen LogP contribution >= 0.6 is 8.03 Å². The summed E-state index contributed by atoms with van der Waals surface area (Å²) in [5, 5.41) is 4.95. The molecule has 3 aliphatic rings. The Hall–Kier alpha value is -4.54. The number of pyridine rings is 1. The number of likely N-dealkylation sites (tertiary alicyclic amines) is 1. The lowest BCUT2D eigenvalue weighted by Crippen LogP contribution is -2.58. The summed E-state index contributed by atoms with van der Waals surface area (Å²) in [6.45, 7) is 9.26. The van der Waals surface area contributed by atoms with E-state index in [1.165, 1.54) is 4.90 Å². The minimum absolute atomic E-state index is 0.0205. The van der Waals surface area contributed by atoms with E-state index >= 15 is 0 Å². The molecule has 1 aromatic heterocycles. The smallest absolute Gasteiger partial charge is 0.497 e. The van der Waals surface area contributed by atoms with Gasteiger partial charge in [0.05, 0.1) is 30.8 Å². The Labute approximate surface area is 298 Å². The lowest BCUT2D eigenvalue weighted by atomic mass is 9.85. The summed E-state index contributed by atoms with van der Waals surface area (Å²) in [6.07, 6.45) is 3.89. The van der Waals surface area contributed by atoms with Gasteiger partial charge in [-0.2, -0.15) is 4.89 Å². The van der Waals surface area contributed by atoms with Gasteiger partial charge in [-0.25, -0.2) is 9.78 Å². The predicted molar refractivity (Wildman–Crippen MR) is 192 cm³/mol. The van der Waals surface area contributed by atoms with Crippen LogP contribution in [-0.4, -0.2) is 75.9 Å². The van der Waals surface area contributed by atoms with Gasteiger partial charge in [-0.15, -0.1) is 6.58 Å². The van der Waals surface area contributed by atoms with Crippen LogP contribution in [0.5, 0.6) is 11.5 Å². The van der Waals surface area contributed by atoms with Gasteiger partial charge in [0.25, 0.3) is 5.28 Å². The first-order valence-electron chi connectivity index (χ1n) is 17.4. The van der Waals surface area contributed by atoms with E-state index in [0.29, 0.717) is 28.1 Å². The minimum Gasteiger partial charge on any atom is -0.497 e. The monoisotopic (exact) mass is 717 g/mol. The zero-order valence-corrected chi connectivity index (χ0v) is 30.4. The van der Waals surface area contributed by atoms with E-state index < -0.39 is 54.8 Å². The second-order valence-electron chi connectivity index (χ2n) is 14.7. The lowest BCUT2D eigenvalue weighted by molar-refractivity contribution is -0.142. The van der Waals surface area contributed by atoms with Crippen molar-refractivity contribution in [1.29, 1.82) is 0 Å². The second kappa shape index (κ2) is 14.6. The number of nitrogens with one attached hydrogen (secondary N) is 2.